The van der Waals surface area contributed by atoms with Crippen molar-refractivity contribution in [3.63, 3.8) is 0 Å². The summed E-state index contributed by atoms with van der Waals surface area (Å²) in [5.74, 6) is 0.266. The van der Waals surface area contributed by atoms with Gasteiger partial charge in [-0.1, -0.05) is 0 Å². The van der Waals surface area contributed by atoms with E-state index in [1.54, 1.807) is 19.9 Å². The summed E-state index contributed by atoms with van der Waals surface area (Å²) in [6.07, 6.45) is 2.23. The van der Waals surface area contributed by atoms with Crippen LogP contribution in [0.25, 0.3) is 0 Å². The topological polar surface area (TPSA) is 66.2 Å². The lowest BCUT2D eigenvalue weighted by Crippen LogP contribution is -2.21. The minimum atomic E-state index is -0.419. The molecule has 0 amide bonds. The van der Waals surface area contributed by atoms with E-state index in [1.165, 1.54) is 0 Å². The number of rotatable bonds is 3. The van der Waals surface area contributed by atoms with Gasteiger partial charge in [-0.3, -0.25) is 0 Å². The Morgan fingerprint density at radius 3 is 2.79 bits per heavy atom. The molecule has 0 unspecified atom stereocenters. The first kappa shape index (κ1) is 13.3. The predicted octanol–water partition coefficient (Wildman–Crippen LogP) is 2.04. The summed E-state index contributed by atoms with van der Waals surface area (Å²) >= 11 is 0. The number of anilines is 1. The number of pyridine rings is 1. The fourth-order valence-corrected chi connectivity index (χ4v) is 2.26. The van der Waals surface area contributed by atoms with Crippen LogP contribution in [0.2, 0.25) is 0 Å². The molecule has 0 radical (unpaired) electrons. The SMILES string of the molecule is CCOC(=O)c1cc(C#N)c(N2CCCC2)nc1C. The fourth-order valence-electron chi connectivity index (χ4n) is 2.26. The van der Waals surface area contributed by atoms with Crippen molar-refractivity contribution in [2.24, 2.45) is 0 Å². The van der Waals surface area contributed by atoms with Gasteiger partial charge in [0, 0.05) is 13.1 Å². The van der Waals surface area contributed by atoms with Gasteiger partial charge < -0.3 is 9.64 Å². The molecule has 2 heterocycles. The molecule has 1 aliphatic heterocycles. The number of carbonyl (C=O) groups is 1. The minimum Gasteiger partial charge on any atom is -0.462 e. The van der Waals surface area contributed by atoms with Crippen molar-refractivity contribution in [3.05, 3.63) is 22.9 Å². The van der Waals surface area contributed by atoms with E-state index in [0.717, 1.165) is 25.9 Å². The number of aryl methyl sites for hydroxylation is 1. The van der Waals surface area contributed by atoms with E-state index >= 15 is 0 Å². The van der Waals surface area contributed by atoms with Crippen molar-refractivity contribution in [2.75, 3.05) is 24.6 Å². The zero-order valence-electron chi connectivity index (χ0n) is 11.3. The standard InChI is InChI=1S/C14H17N3O2/c1-3-19-14(18)12-8-11(9-15)13(16-10(12)2)17-6-4-5-7-17/h8H,3-7H2,1-2H3. The number of carbonyl (C=O) groups excluding carboxylic acids is 1. The summed E-state index contributed by atoms with van der Waals surface area (Å²) in [6.45, 7) is 5.67. The maximum atomic E-state index is 11.8. The van der Waals surface area contributed by atoms with E-state index in [4.69, 9.17) is 4.74 Å². The van der Waals surface area contributed by atoms with Crippen LogP contribution >= 0.6 is 0 Å². The average Bonchev–Trinajstić information content (AvgIpc) is 2.92. The van der Waals surface area contributed by atoms with Gasteiger partial charge in [0.1, 0.15) is 11.9 Å². The average molecular weight is 259 g/mol. The second-order valence-electron chi connectivity index (χ2n) is 4.52. The van der Waals surface area contributed by atoms with Gasteiger partial charge >= 0.3 is 5.97 Å². The van der Waals surface area contributed by atoms with Gasteiger partial charge in [-0.15, -0.1) is 0 Å². The first-order valence-electron chi connectivity index (χ1n) is 6.51. The summed E-state index contributed by atoms with van der Waals surface area (Å²) in [5.41, 5.74) is 1.43. The van der Waals surface area contributed by atoms with Gasteiger partial charge in [0.15, 0.2) is 0 Å². The molecule has 0 aliphatic carbocycles. The molecular formula is C14H17N3O2. The molecule has 100 valence electrons. The summed E-state index contributed by atoms with van der Waals surface area (Å²) < 4.78 is 4.97. The quantitative estimate of drug-likeness (QED) is 0.777. The minimum absolute atomic E-state index is 0.314. The molecule has 1 aromatic heterocycles. The number of ether oxygens (including phenoxy) is 1. The third kappa shape index (κ3) is 2.68. The molecule has 19 heavy (non-hydrogen) atoms. The highest BCUT2D eigenvalue weighted by Gasteiger charge is 2.21. The van der Waals surface area contributed by atoms with Crippen LogP contribution in [0.4, 0.5) is 5.82 Å². The van der Waals surface area contributed by atoms with Gasteiger partial charge in [-0.2, -0.15) is 5.26 Å². The van der Waals surface area contributed by atoms with Gasteiger partial charge in [0.2, 0.25) is 0 Å². The van der Waals surface area contributed by atoms with Crippen LogP contribution in [0.1, 0.15) is 41.4 Å². The smallest absolute Gasteiger partial charge is 0.340 e. The predicted molar refractivity (Wildman–Crippen MR) is 71.1 cm³/mol. The van der Waals surface area contributed by atoms with Crippen molar-refractivity contribution in [2.45, 2.75) is 26.7 Å². The Morgan fingerprint density at radius 2 is 2.21 bits per heavy atom. The third-order valence-corrected chi connectivity index (χ3v) is 3.21. The number of hydrogen-bond donors (Lipinski definition) is 0. The molecule has 0 saturated carbocycles. The highest BCUT2D eigenvalue weighted by molar-refractivity contribution is 5.91. The van der Waals surface area contributed by atoms with Crippen molar-refractivity contribution >= 4 is 11.8 Å². The first-order chi connectivity index (χ1) is 9.17. The molecule has 5 heteroatoms. The summed E-state index contributed by atoms with van der Waals surface area (Å²) in [7, 11) is 0. The number of aromatic nitrogens is 1. The van der Waals surface area contributed by atoms with Crippen molar-refractivity contribution < 1.29 is 9.53 Å². The summed E-state index contributed by atoms with van der Waals surface area (Å²) in [5, 5.41) is 9.24. The van der Waals surface area contributed by atoms with Crippen LogP contribution < -0.4 is 4.90 Å². The molecule has 0 bridgehead atoms. The van der Waals surface area contributed by atoms with Crippen LogP contribution in [0.15, 0.2) is 6.07 Å². The van der Waals surface area contributed by atoms with Crippen molar-refractivity contribution in [1.29, 1.82) is 5.26 Å². The second kappa shape index (κ2) is 5.70. The Morgan fingerprint density at radius 1 is 1.53 bits per heavy atom. The highest BCUT2D eigenvalue weighted by Crippen LogP contribution is 2.24. The maximum Gasteiger partial charge on any atom is 0.340 e. The Hall–Kier alpha value is -2.09. The Bertz CT molecular complexity index is 528. The Kier molecular flexibility index (Phi) is 4.00. The van der Waals surface area contributed by atoms with E-state index in [1.807, 2.05) is 0 Å². The van der Waals surface area contributed by atoms with E-state index in [9.17, 15) is 10.1 Å². The lowest BCUT2D eigenvalue weighted by Gasteiger charge is -2.19. The lowest BCUT2D eigenvalue weighted by atomic mass is 10.1. The molecule has 0 spiro atoms. The first-order valence-corrected chi connectivity index (χ1v) is 6.51. The number of hydrogen-bond acceptors (Lipinski definition) is 5. The fraction of sp³-hybridized carbons (Fsp3) is 0.500. The molecule has 1 aliphatic rings. The van der Waals surface area contributed by atoms with Crippen molar-refractivity contribution in [3.8, 4) is 6.07 Å². The van der Waals surface area contributed by atoms with Crippen LogP contribution in [0, 0.1) is 18.3 Å². The van der Waals surface area contributed by atoms with Gasteiger partial charge in [-0.05, 0) is 32.8 Å². The maximum absolute atomic E-state index is 11.8. The normalized spacial score (nSPS) is 14.3. The van der Waals surface area contributed by atoms with Crippen molar-refractivity contribution in [1.82, 2.24) is 4.98 Å². The molecule has 1 saturated heterocycles. The Balaban J connectivity index is 2.40. The molecular weight excluding hydrogens is 242 g/mol. The number of esters is 1. The van der Waals surface area contributed by atoms with Crippen LogP contribution in [0.3, 0.4) is 0 Å². The molecule has 5 nitrogen and oxygen atoms in total. The zero-order chi connectivity index (χ0) is 13.8. The van der Waals surface area contributed by atoms with Crippen LogP contribution in [-0.2, 0) is 4.74 Å². The van der Waals surface area contributed by atoms with Gasteiger partial charge in [0.05, 0.1) is 23.4 Å². The molecule has 1 fully saturated rings. The third-order valence-electron chi connectivity index (χ3n) is 3.21. The van der Waals surface area contributed by atoms with E-state index in [2.05, 4.69) is 16.0 Å². The number of nitrogens with zero attached hydrogens (tertiary/aromatic N) is 3. The van der Waals surface area contributed by atoms with Gasteiger partial charge in [0.25, 0.3) is 0 Å². The molecule has 1 aromatic rings. The van der Waals surface area contributed by atoms with E-state index in [-0.39, 0.29) is 0 Å². The zero-order valence-corrected chi connectivity index (χ0v) is 11.3. The highest BCUT2D eigenvalue weighted by atomic mass is 16.5. The monoisotopic (exact) mass is 259 g/mol. The number of nitriles is 1. The van der Waals surface area contributed by atoms with Crippen LogP contribution in [-0.4, -0.2) is 30.6 Å². The largest absolute Gasteiger partial charge is 0.462 e. The molecule has 0 aromatic carbocycles. The summed E-state index contributed by atoms with van der Waals surface area (Å²) in [4.78, 5) is 18.3. The molecule has 0 atom stereocenters. The lowest BCUT2D eigenvalue weighted by molar-refractivity contribution is 0.0525. The molecule has 0 N–H and O–H groups in total. The Labute approximate surface area is 112 Å². The molecule has 2 rings (SSSR count). The van der Waals surface area contributed by atoms with E-state index in [0.29, 0.717) is 29.2 Å². The summed E-state index contributed by atoms with van der Waals surface area (Å²) in [6, 6.07) is 3.72. The van der Waals surface area contributed by atoms with Crippen LogP contribution in [0.5, 0.6) is 0 Å². The van der Waals surface area contributed by atoms with Gasteiger partial charge in [-0.25, -0.2) is 9.78 Å². The van der Waals surface area contributed by atoms with E-state index < -0.39 is 5.97 Å². The second-order valence-corrected chi connectivity index (χ2v) is 4.52.